The second kappa shape index (κ2) is 10.0. The summed E-state index contributed by atoms with van der Waals surface area (Å²) in [6.45, 7) is 3.56. The van der Waals surface area contributed by atoms with E-state index in [0.717, 1.165) is 9.13 Å². The molecule has 0 aliphatic heterocycles. The topological polar surface area (TPSA) is 50.4 Å². The number of nitrogens with one attached hydrogen (secondary N) is 2. The van der Waals surface area contributed by atoms with Crippen molar-refractivity contribution < 1.29 is 18.4 Å². The summed E-state index contributed by atoms with van der Waals surface area (Å²) in [5.74, 6) is -0.608. The number of hydrogen-bond acceptors (Lipinski definition) is 3. The number of aryl methyl sites for hydroxylation is 1. The lowest BCUT2D eigenvalue weighted by Crippen LogP contribution is -2.25. The van der Waals surface area contributed by atoms with Crippen molar-refractivity contribution >= 4 is 55.8 Å². The van der Waals surface area contributed by atoms with Gasteiger partial charge in [0.15, 0.2) is 11.6 Å². The zero-order chi connectivity index (χ0) is 20.8. The van der Waals surface area contributed by atoms with Gasteiger partial charge in [-0.05, 0) is 93.8 Å². The van der Waals surface area contributed by atoms with Gasteiger partial charge in [0.25, 0.3) is 5.91 Å². The number of halogens is 4. The van der Waals surface area contributed by atoms with Crippen LogP contribution in [0.1, 0.15) is 22.8 Å². The fourth-order valence-corrected chi connectivity index (χ4v) is 3.24. The second-order valence-electron chi connectivity index (χ2n) is 5.77. The summed E-state index contributed by atoms with van der Waals surface area (Å²) in [5.41, 5.74) is 3.78. The highest BCUT2D eigenvalue weighted by atomic mass is 127. The Bertz CT molecular complexity index is 987. The molecule has 0 atom stereocenters. The number of allylic oxidation sites excluding steroid dienone is 1. The smallest absolute Gasteiger partial charge is 0.277 e. The average Bonchev–Trinajstić information content (AvgIpc) is 2.66. The van der Waals surface area contributed by atoms with Crippen LogP contribution in [0.3, 0.4) is 0 Å². The van der Waals surface area contributed by atoms with Gasteiger partial charge in [-0.2, -0.15) is 0 Å². The van der Waals surface area contributed by atoms with Gasteiger partial charge in [0.05, 0.1) is 22.3 Å². The largest absolute Gasteiger partial charge is 0.352 e. The van der Waals surface area contributed by atoms with Crippen molar-refractivity contribution in [2.45, 2.75) is 13.8 Å². The van der Waals surface area contributed by atoms with Crippen LogP contribution in [0.5, 0.6) is 0 Å². The molecule has 0 radical (unpaired) electrons. The van der Waals surface area contributed by atoms with Gasteiger partial charge in [-0.1, -0.05) is 5.92 Å². The molecule has 0 aliphatic carbocycles. The van der Waals surface area contributed by atoms with E-state index in [2.05, 4.69) is 55.2 Å². The summed E-state index contributed by atoms with van der Waals surface area (Å²) >= 11 is 5.07. The minimum atomic E-state index is -1.18. The molecule has 0 unspecified atom stereocenters. The fraction of sp³-hybridized carbons (Fsp3) is 0.150. The van der Waals surface area contributed by atoms with Crippen LogP contribution >= 0.6 is 38.5 Å². The summed E-state index contributed by atoms with van der Waals surface area (Å²) in [5, 5.41) is 2.81. The fourth-order valence-electron chi connectivity index (χ4n) is 2.19. The number of amides is 1. The Kier molecular flexibility index (Phi) is 7.98. The van der Waals surface area contributed by atoms with Gasteiger partial charge in [-0.3, -0.25) is 9.63 Å². The Balaban J connectivity index is 2.33. The van der Waals surface area contributed by atoms with Gasteiger partial charge in [-0.15, -0.1) is 6.42 Å². The predicted octanol–water partition coefficient (Wildman–Crippen LogP) is 5.62. The average molecular weight is 561 g/mol. The van der Waals surface area contributed by atoms with Gasteiger partial charge in [0.1, 0.15) is 0 Å². The molecule has 2 aromatic rings. The highest BCUT2D eigenvalue weighted by Crippen LogP contribution is 2.32. The third kappa shape index (κ3) is 5.53. The molecule has 4 nitrogen and oxygen atoms in total. The maximum absolute atomic E-state index is 14.6. The summed E-state index contributed by atoms with van der Waals surface area (Å²) in [7, 11) is 0. The van der Waals surface area contributed by atoms with Crippen molar-refractivity contribution in [3.63, 3.8) is 0 Å². The highest BCUT2D eigenvalue weighted by Gasteiger charge is 2.22. The maximum atomic E-state index is 14.6. The molecule has 0 spiro atoms. The van der Waals surface area contributed by atoms with Crippen molar-refractivity contribution in [2.75, 3.05) is 11.9 Å². The molecule has 0 fully saturated rings. The van der Waals surface area contributed by atoms with Gasteiger partial charge in [-0.25, -0.2) is 14.3 Å². The number of terminal acetylenes is 1. The van der Waals surface area contributed by atoms with Crippen LogP contribution in [0.15, 0.2) is 40.4 Å². The van der Waals surface area contributed by atoms with Crippen LogP contribution in [0.25, 0.3) is 0 Å². The third-order valence-corrected chi connectivity index (χ3v) is 4.97. The van der Waals surface area contributed by atoms with Crippen LogP contribution in [0.4, 0.5) is 20.2 Å². The van der Waals surface area contributed by atoms with E-state index in [0.29, 0.717) is 11.3 Å². The SMILES string of the molecule is C#C/C(C)=C/CONC(=O)c1cc(Br)c(F)c(F)c1Nc1ccc(I)cc1C. The van der Waals surface area contributed by atoms with E-state index in [4.69, 9.17) is 11.3 Å². The lowest BCUT2D eigenvalue weighted by molar-refractivity contribution is 0.0420. The van der Waals surface area contributed by atoms with Gasteiger partial charge in [0.2, 0.25) is 0 Å². The third-order valence-electron chi connectivity index (χ3n) is 3.72. The summed E-state index contributed by atoms with van der Waals surface area (Å²) < 4.78 is 29.5. The number of hydrogen-bond donors (Lipinski definition) is 2. The van der Waals surface area contributed by atoms with Crippen LogP contribution in [-0.4, -0.2) is 12.5 Å². The molecule has 2 N–H and O–H groups in total. The Morgan fingerprint density at radius 1 is 1.36 bits per heavy atom. The molecule has 0 aromatic heterocycles. The molecule has 0 bridgehead atoms. The van der Waals surface area contributed by atoms with E-state index in [9.17, 15) is 13.6 Å². The monoisotopic (exact) mass is 560 g/mol. The first-order valence-corrected chi connectivity index (χ1v) is 9.88. The Labute approximate surface area is 184 Å². The molecule has 0 saturated heterocycles. The Hall–Kier alpha value is -1.96. The number of benzene rings is 2. The number of anilines is 2. The highest BCUT2D eigenvalue weighted by molar-refractivity contribution is 14.1. The molecule has 146 valence electrons. The predicted molar refractivity (Wildman–Crippen MR) is 117 cm³/mol. The van der Waals surface area contributed by atoms with Crippen LogP contribution in [-0.2, 0) is 4.84 Å². The zero-order valence-electron chi connectivity index (χ0n) is 15.0. The zero-order valence-corrected chi connectivity index (χ0v) is 18.7. The summed E-state index contributed by atoms with van der Waals surface area (Å²) in [6, 6.07) is 6.59. The molecular weight excluding hydrogens is 545 g/mol. The number of carbonyl (C=O) groups is 1. The molecular formula is C20H16BrF2IN2O2. The van der Waals surface area contributed by atoms with Gasteiger partial charge in [0, 0.05) is 9.26 Å². The standard InChI is InChI=1S/C20H16BrF2IN2O2/c1-4-11(2)7-8-28-26-20(27)14-10-15(21)17(22)18(23)19(14)25-16-6-5-13(24)9-12(16)3/h1,5-7,9-10,25H,8H2,2-3H3,(H,26,27)/b11-7+. The van der Waals surface area contributed by atoms with Crippen molar-refractivity contribution in [1.82, 2.24) is 5.48 Å². The summed E-state index contributed by atoms with van der Waals surface area (Å²) in [4.78, 5) is 17.5. The van der Waals surface area contributed by atoms with E-state index >= 15 is 0 Å². The first-order valence-electron chi connectivity index (χ1n) is 8.00. The van der Waals surface area contributed by atoms with E-state index in [1.807, 2.05) is 19.1 Å². The van der Waals surface area contributed by atoms with Crippen LogP contribution in [0, 0.1) is 34.5 Å². The second-order valence-corrected chi connectivity index (χ2v) is 7.87. The van der Waals surface area contributed by atoms with Gasteiger partial charge < -0.3 is 5.32 Å². The summed E-state index contributed by atoms with van der Waals surface area (Å²) in [6.07, 6.45) is 6.81. The van der Waals surface area contributed by atoms with E-state index in [-0.39, 0.29) is 22.3 Å². The Morgan fingerprint density at radius 2 is 2.07 bits per heavy atom. The quantitative estimate of drug-likeness (QED) is 0.158. The molecule has 0 saturated carbocycles. The first kappa shape index (κ1) is 22.3. The molecule has 0 heterocycles. The molecule has 0 aliphatic rings. The first-order chi connectivity index (χ1) is 13.2. The normalized spacial score (nSPS) is 11.1. The van der Waals surface area contributed by atoms with Crippen molar-refractivity contribution in [3.05, 3.63) is 66.7 Å². The number of carbonyl (C=O) groups excluding carboxylic acids is 1. The van der Waals surface area contributed by atoms with E-state index in [1.165, 1.54) is 6.07 Å². The van der Waals surface area contributed by atoms with Crippen molar-refractivity contribution in [1.29, 1.82) is 0 Å². The lowest BCUT2D eigenvalue weighted by atomic mass is 10.1. The van der Waals surface area contributed by atoms with E-state index < -0.39 is 17.5 Å². The van der Waals surface area contributed by atoms with Gasteiger partial charge >= 0.3 is 0 Å². The van der Waals surface area contributed by atoms with Crippen LogP contribution < -0.4 is 10.8 Å². The molecule has 28 heavy (non-hydrogen) atoms. The van der Waals surface area contributed by atoms with Crippen LogP contribution in [0.2, 0.25) is 0 Å². The van der Waals surface area contributed by atoms with E-state index in [1.54, 1.807) is 19.1 Å². The number of rotatable bonds is 6. The minimum Gasteiger partial charge on any atom is -0.352 e. The maximum Gasteiger partial charge on any atom is 0.277 e. The molecule has 1 amide bonds. The van der Waals surface area contributed by atoms with Crippen molar-refractivity contribution in [3.8, 4) is 12.3 Å². The lowest BCUT2D eigenvalue weighted by Gasteiger charge is -2.16. The Morgan fingerprint density at radius 3 is 2.71 bits per heavy atom. The molecule has 2 aromatic carbocycles. The number of hydroxylamine groups is 1. The molecule has 2 rings (SSSR count). The van der Waals surface area contributed by atoms with Crippen molar-refractivity contribution in [2.24, 2.45) is 0 Å². The molecule has 8 heteroatoms. The minimum absolute atomic E-state index is 0.0333.